The Morgan fingerprint density at radius 1 is 1.26 bits per heavy atom. The van der Waals surface area contributed by atoms with Gasteiger partial charge in [-0.3, -0.25) is 0 Å². The van der Waals surface area contributed by atoms with Crippen molar-refractivity contribution in [2.24, 2.45) is 0 Å². The lowest BCUT2D eigenvalue weighted by atomic mass is 10.1. The topological polar surface area (TPSA) is 79.0 Å². The quantitative estimate of drug-likeness (QED) is 0.711. The highest BCUT2D eigenvalue weighted by Gasteiger charge is 2.30. The molecule has 5 rings (SSSR count). The minimum Gasteiger partial charge on any atom is -0.379 e. The Balaban J connectivity index is 1.64. The highest BCUT2D eigenvalue weighted by Crippen LogP contribution is 2.33. The summed E-state index contributed by atoms with van der Waals surface area (Å²) in [5, 5.41) is 4.44. The largest absolute Gasteiger partial charge is 0.379 e. The number of fused-ring (bicyclic) bond motifs is 4. The van der Waals surface area contributed by atoms with Gasteiger partial charge in [-0.05, 0) is 12.1 Å². The Bertz CT molecular complexity index is 876. The predicted octanol–water partition coefficient (Wildman–Crippen LogP) is 1.65. The highest BCUT2D eigenvalue weighted by atomic mass is 16.5. The van der Waals surface area contributed by atoms with Crippen LogP contribution in [0.15, 0.2) is 30.7 Å². The van der Waals surface area contributed by atoms with Gasteiger partial charge >= 0.3 is 0 Å². The van der Waals surface area contributed by atoms with Crippen LogP contribution < -0.4 is 10.2 Å². The molecule has 1 fully saturated rings. The van der Waals surface area contributed by atoms with E-state index in [0.29, 0.717) is 6.04 Å². The van der Waals surface area contributed by atoms with E-state index in [2.05, 4.69) is 25.2 Å². The Labute approximate surface area is 132 Å². The van der Waals surface area contributed by atoms with E-state index in [0.717, 1.165) is 60.2 Å². The molecule has 7 heteroatoms. The second-order valence-electron chi connectivity index (χ2n) is 5.83. The molecule has 1 saturated heterocycles. The Hall–Kier alpha value is -2.67. The molecule has 2 aliphatic rings. The third-order valence-electron chi connectivity index (χ3n) is 4.50. The fourth-order valence-corrected chi connectivity index (χ4v) is 3.33. The standard InChI is InChI=1S/C16H16N6O/c1-3-17-14-11(1)12(2-4-18-14)15-20-8-13-16(21-15)22-5-6-23-9-10(22)7-19-13/h1-4,8,10,19H,5-7,9H2,(H,17,18). The molecular weight excluding hydrogens is 292 g/mol. The average Bonchev–Trinajstić information content (AvgIpc) is 3.10. The molecular formula is C16H16N6O. The second kappa shape index (κ2) is 4.92. The van der Waals surface area contributed by atoms with E-state index < -0.39 is 0 Å². The molecule has 3 aromatic rings. The Morgan fingerprint density at radius 2 is 2.26 bits per heavy atom. The number of aromatic nitrogens is 4. The molecule has 3 aromatic heterocycles. The molecule has 0 aromatic carbocycles. The van der Waals surface area contributed by atoms with Gasteiger partial charge in [0.25, 0.3) is 0 Å². The molecule has 2 aliphatic heterocycles. The van der Waals surface area contributed by atoms with Crippen molar-refractivity contribution in [3.05, 3.63) is 30.7 Å². The van der Waals surface area contributed by atoms with Gasteiger partial charge in [-0.25, -0.2) is 15.0 Å². The number of pyridine rings is 1. The molecule has 1 atom stereocenters. The molecule has 0 spiro atoms. The number of hydrogen-bond donors (Lipinski definition) is 2. The third-order valence-corrected chi connectivity index (χ3v) is 4.50. The van der Waals surface area contributed by atoms with Crippen LogP contribution in [0.1, 0.15) is 0 Å². The first kappa shape index (κ1) is 12.8. The number of rotatable bonds is 1. The summed E-state index contributed by atoms with van der Waals surface area (Å²) in [6, 6.07) is 4.31. The maximum atomic E-state index is 5.58. The van der Waals surface area contributed by atoms with E-state index in [4.69, 9.17) is 9.72 Å². The van der Waals surface area contributed by atoms with Gasteiger partial charge < -0.3 is 19.9 Å². The minimum atomic E-state index is 0.337. The number of anilines is 2. The maximum absolute atomic E-state index is 5.58. The number of H-pyrrole nitrogens is 1. The SMILES string of the molecule is c1cc(-c2ncc3c(n2)N2CCOCC2CN3)c2cc[nH]c2n1. The molecule has 0 radical (unpaired) electrons. The van der Waals surface area contributed by atoms with Gasteiger partial charge in [0.05, 0.1) is 31.1 Å². The van der Waals surface area contributed by atoms with Crippen molar-refractivity contribution in [3.8, 4) is 11.4 Å². The van der Waals surface area contributed by atoms with E-state index in [1.54, 1.807) is 6.20 Å². The number of nitrogens with zero attached hydrogens (tertiary/aromatic N) is 4. The maximum Gasteiger partial charge on any atom is 0.162 e. The van der Waals surface area contributed by atoms with Crippen LogP contribution in [0.2, 0.25) is 0 Å². The zero-order valence-electron chi connectivity index (χ0n) is 12.5. The van der Waals surface area contributed by atoms with Gasteiger partial charge in [0.2, 0.25) is 0 Å². The molecule has 23 heavy (non-hydrogen) atoms. The summed E-state index contributed by atoms with van der Waals surface area (Å²) < 4.78 is 5.58. The number of ether oxygens (including phenoxy) is 1. The van der Waals surface area contributed by atoms with Crippen LogP contribution in [-0.2, 0) is 4.74 Å². The van der Waals surface area contributed by atoms with Crippen molar-refractivity contribution in [2.75, 3.05) is 36.5 Å². The van der Waals surface area contributed by atoms with E-state index in [-0.39, 0.29) is 0 Å². The van der Waals surface area contributed by atoms with E-state index >= 15 is 0 Å². The Morgan fingerprint density at radius 3 is 3.26 bits per heavy atom. The Kier molecular flexibility index (Phi) is 2.75. The van der Waals surface area contributed by atoms with Crippen LogP contribution in [0, 0.1) is 0 Å². The van der Waals surface area contributed by atoms with Gasteiger partial charge in [0.15, 0.2) is 11.6 Å². The summed E-state index contributed by atoms with van der Waals surface area (Å²) in [5.41, 5.74) is 2.84. The van der Waals surface area contributed by atoms with E-state index in [9.17, 15) is 0 Å². The van der Waals surface area contributed by atoms with Crippen molar-refractivity contribution in [1.29, 1.82) is 0 Å². The van der Waals surface area contributed by atoms with Crippen LogP contribution in [0.3, 0.4) is 0 Å². The number of nitrogens with one attached hydrogen (secondary N) is 2. The summed E-state index contributed by atoms with van der Waals surface area (Å²) >= 11 is 0. The van der Waals surface area contributed by atoms with Crippen molar-refractivity contribution in [3.63, 3.8) is 0 Å². The van der Waals surface area contributed by atoms with Crippen molar-refractivity contribution >= 4 is 22.5 Å². The lowest BCUT2D eigenvalue weighted by molar-refractivity contribution is 0.0959. The predicted molar refractivity (Wildman–Crippen MR) is 87.6 cm³/mol. The van der Waals surface area contributed by atoms with Crippen LogP contribution >= 0.6 is 0 Å². The zero-order chi connectivity index (χ0) is 15.2. The number of morpholine rings is 1. The van der Waals surface area contributed by atoms with Crippen LogP contribution in [0.4, 0.5) is 11.5 Å². The summed E-state index contributed by atoms with van der Waals surface area (Å²) in [4.78, 5) is 19.2. The number of hydrogen-bond acceptors (Lipinski definition) is 6. The summed E-state index contributed by atoms with van der Waals surface area (Å²) in [5.74, 6) is 1.69. The molecule has 0 aliphatic carbocycles. The smallest absolute Gasteiger partial charge is 0.162 e. The molecule has 5 heterocycles. The van der Waals surface area contributed by atoms with Crippen molar-refractivity contribution in [2.45, 2.75) is 6.04 Å². The van der Waals surface area contributed by atoms with Gasteiger partial charge in [-0.15, -0.1) is 0 Å². The van der Waals surface area contributed by atoms with Crippen molar-refractivity contribution in [1.82, 2.24) is 19.9 Å². The first-order valence-electron chi connectivity index (χ1n) is 7.78. The lowest BCUT2D eigenvalue weighted by Crippen LogP contribution is -2.52. The monoisotopic (exact) mass is 308 g/mol. The minimum absolute atomic E-state index is 0.337. The highest BCUT2D eigenvalue weighted by molar-refractivity contribution is 5.91. The lowest BCUT2D eigenvalue weighted by Gasteiger charge is -2.41. The molecule has 0 amide bonds. The summed E-state index contributed by atoms with van der Waals surface area (Å²) in [7, 11) is 0. The molecule has 116 valence electrons. The molecule has 1 unspecified atom stereocenters. The van der Waals surface area contributed by atoms with Crippen LogP contribution in [0.5, 0.6) is 0 Å². The van der Waals surface area contributed by atoms with Gasteiger partial charge in [0, 0.05) is 36.4 Å². The fourth-order valence-electron chi connectivity index (χ4n) is 3.33. The normalized spacial score (nSPS) is 20.0. The molecule has 0 saturated carbocycles. The average molecular weight is 308 g/mol. The first-order chi connectivity index (χ1) is 11.4. The molecule has 2 N–H and O–H groups in total. The van der Waals surface area contributed by atoms with Crippen LogP contribution in [0.25, 0.3) is 22.4 Å². The summed E-state index contributed by atoms with van der Waals surface area (Å²) in [6.45, 7) is 3.22. The summed E-state index contributed by atoms with van der Waals surface area (Å²) in [6.07, 6.45) is 5.55. The second-order valence-corrected chi connectivity index (χ2v) is 5.83. The fraction of sp³-hybridized carbons (Fsp3) is 0.312. The first-order valence-corrected chi connectivity index (χ1v) is 7.78. The van der Waals surface area contributed by atoms with Gasteiger partial charge in [0.1, 0.15) is 5.65 Å². The van der Waals surface area contributed by atoms with Crippen molar-refractivity contribution < 1.29 is 4.74 Å². The van der Waals surface area contributed by atoms with Crippen LogP contribution in [-0.4, -0.2) is 52.3 Å². The zero-order valence-corrected chi connectivity index (χ0v) is 12.5. The van der Waals surface area contributed by atoms with E-state index in [1.165, 1.54) is 0 Å². The third kappa shape index (κ3) is 1.97. The molecule has 0 bridgehead atoms. The number of aromatic amines is 1. The van der Waals surface area contributed by atoms with E-state index in [1.807, 2.05) is 24.5 Å². The molecule has 7 nitrogen and oxygen atoms in total. The van der Waals surface area contributed by atoms with Gasteiger partial charge in [-0.1, -0.05) is 0 Å². The van der Waals surface area contributed by atoms with Gasteiger partial charge in [-0.2, -0.15) is 0 Å².